The molecule has 6 nitrogen and oxygen atoms in total. The molecule has 0 unspecified atom stereocenters. The minimum atomic E-state index is -0.179. The molecule has 2 N–H and O–H groups in total. The van der Waals surface area contributed by atoms with E-state index in [4.69, 9.17) is 0 Å². The normalized spacial score (nSPS) is 14.3. The summed E-state index contributed by atoms with van der Waals surface area (Å²) in [6.45, 7) is 5.96. The molecule has 1 saturated heterocycles. The van der Waals surface area contributed by atoms with E-state index in [2.05, 4.69) is 15.2 Å². The van der Waals surface area contributed by atoms with Crippen LogP contribution in [0.2, 0.25) is 0 Å². The van der Waals surface area contributed by atoms with Gasteiger partial charge in [0, 0.05) is 24.7 Å². The molecule has 0 atom stereocenters. The number of anilines is 2. The van der Waals surface area contributed by atoms with Gasteiger partial charge in [-0.15, -0.1) is 0 Å². The van der Waals surface area contributed by atoms with Crippen molar-refractivity contribution in [3.8, 4) is 0 Å². The highest BCUT2D eigenvalue weighted by Crippen LogP contribution is 2.29. The van der Waals surface area contributed by atoms with E-state index in [0.29, 0.717) is 11.1 Å². The monoisotopic (exact) mass is 364 g/mol. The number of aromatic amines is 1. The molecule has 27 heavy (non-hydrogen) atoms. The predicted molar refractivity (Wildman–Crippen MR) is 109 cm³/mol. The third kappa shape index (κ3) is 3.23. The van der Waals surface area contributed by atoms with E-state index in [1.165, 1.54) is 12.8 Å². The lowest BCUT2D eigenvalue weighted by Gasteiger charge is -2.21. The first-order chi connectivity index (χ1) is 13.0. The third-order valence-corrected chi connectivity index (χ3v) is 5.09. The van der Waals surface area contributed by atoms with Gasteiger partial charge in [0.25, 0.3) is 5.91 Å². The molecular weight excluding hydrogens is 340 g/mol. The maximum absolute atomic E-state index is 12.8. The van der Waals surface area contributed by atoms with Crippen molar-refractivity contribution in [2.45, 2.75) is 32.7 Å². The van der Waals surface area contributed by atoms with Gasteiger partial charge in [0.15, 0.2) is 0 Å². The van der Waals surface area contributed by atoms with Crippen molar-refractivity contribution >= 4 is 28.3 Å². The number of rotatable bonds is 4. The van der Waals surface area contributed by atoms with E-state index in [1.807, 2.05) is 44.2 Å². The van der Waals surface area contributed by atoms with Crippen molar-refractivity contribution in [3.05, 3.63) is 58.5 Å². The van der Waals surface area contributed by atoms with Crippen LogP contribution in [0.4, 0.5) is 11.4 Å². The Hall–Kier alpha value is -3.02. The molecule has 140 valence electrons. The zero-order valence-corrected chi connectivity index (χ0v) is 15.7. The Kier molecular flexibility index (Phi) is 4.48. The topological polar surface area (TPSA) is 70.1 Å². The first-order valence-electron chi connectivity index (χ1n) is 9.44. The quantitative estimate of drug-likeness (QED) is 0.740. The van der Waals surface area contributed by atoms with Crippen LogP contribution in [-0.4, -0.2) is 28.5 Å². The van der Waals surface area contributed by atoms with E-state index >= 15 is 0 Å². The Morgan fingerprint density at radius 3 is 2.59 bits per heavy atom. The van der Waals surface area contributed by atoms with Crippen LogP contribution in [0.15, 0.2) is 47.3 Å². The number of para-hydroxylation sites is 2. The summed E-state index contributed by atoms with van der Waals surface area (Å²) in [6, 6.07) is 13.3. The number of nitrogens with one attached hydrogen (secondary N) is 2. The van der Waals surface area contributed by atoms with E-state index in [-0.39, 0.29) is 17.6 Å². The number of hydrogen-bond acceptors (Lipinski definition) is 3. The average Bonchev–Trinajstić information content (AvgIpc) is 3.28. The summed E-state index contributed by atoms with van der Waals surface area (Å²) in [5.41, 5.74) is 3.73. The van der Waals surface area contributed by atoms with Crippen molar-refractivity contribution < 1.29 is 4.79 Å². The van der Waals surface area contributed by atoms with Crippen LogP contribution in [0.5, 0.6) is 0 Å². The average molecular weight is 364 g/mol. The molecule has 1 fully saturated rings. The number of nitrogens with zero attached hydrogens (tertiary/aromatic N) is 2. The summed E-state index contributed by atoms with van der Waals surface area (Å²) in [5.74, 6) is -0.179. The lowest BCUT2D eigenvalue weighted by Crippen LogP contribution is -2.21. The van der Waals surface area contributed by atoms with Crippen molar-refractivity contribution in [2.75, 3.05) is 23.3 Å². The molecule has 1 amide bonds. The van der Waals surface area contributed by atoms with Gasteiger partial charge < -0.3 is 15.2 Å². The molecule has 2 heterocycles. The second-order valence-electron chi connectivity index (χ2n) is 7.29. The number of H-pyrrole nitrogens is 1. The molecule has 3 aromatic rings. The number of carbonyl (C=O) groups excluding carboxylic acids is 1. The zero-order valence-electron chi connectivity index (χ0n) is 15.7. The van der Waals surface area contributed by atoms with Crippen LogP contribution < -0.4 is 15.9 Å². The number of benzene rings is 2. The number of aromatic nitrogens is 2. The Bertz CT molecular complexity index is 1040. The number of fused-ring (bicyclic) bond motifs is 1. The molecule has 0 saturated carbocycles. The smallest absolute Gasteiger partial charge is 0.326 e. The van der Waals surface area contributed by atoms with Crippen molar-refractivity contribution in [3.63, 3.8) is 0 Å². The summed E-state index contributed by atoms with van der Waals surface area (Å²) >= 11 is 0. The minimum Gasteiger partial charge on any atom is -0.370 e. The van der Waals surface area contributed by atoms with Gasteiger partial charge >= 0.3 is 5.69 Å². The summed E-state index contributed by atoms with van der Waals surface area (Å²) in [6.07, 6.45) is 2.36. The minimum absolute atomic E-state index is 0.0539. The van der Waals surface area contributed by atoms with Crippen molar-refractivity contribution in [1.82, 2.24) is 9.55 Å². The fourth-order valence-electron chi connectivity index (χ4n) is 3.79. The lowest BCUT2D eigenvalue weighted by molar-refractivity contribution is 0.102. The maximum Gasteiger partial charge on any atom is 0.326 e. The van der Waals surface area contributed by atoms with E-state index in [9.17, 15) is 9.59 Å². The van der Waals surface area contributed by atoms with Crippen molar-refractivity contribution in [2.24, 2.45) is 0 Å². The number of amides is 1. The molecule has 0 radical (unpaired) electrons. The summed E-state index contributed by atoms with van der Waals surface area (Å²) in [7, 11) is 0. The van der Waals surface area contributed by atoms with Gasteiger partial charge in [-0.05, 0) is 57.0 Å². The largest absolute Gasteiger partial charge is 0.370 e. The molecule has 6 heteroatoms. The van der Waals surface area contributed by atoms with Crippen LogP contribution in [0.25, 0.3) is 11.0 Å². The second kappa shape index (κ2) is 6.95. The van der Waals surface area contributed by atoms with Crippen LogP contribution in [0.3, 0.4) is 0 Å². The molecule has 1 aromatic heterocycles. The molecule has 0 bridgehead atoms. The van der Waals surface area contributed by atoms with Gasteiger partial charge in [-0.25, -0.2) is 4.79 Å². The second-order valence-corrected chi connectivity index (χ2v) is 7.29. The summed E-state index contributed by atoms with van der Waals surface area (Å²) < 4.78 is 1.69. The molecule has 1 aliphatic rings. The fraction of sp³-hybridized carbons (Fsp3) is 0.333. The fourth-order valence-corrected chi connectivity index (χ4v) is 3.79. The Labute approximate surface area is 157 Å². The summed E-state index contributed by atoms with van der Waals surface area (Å²) in [5, 5.41) is 3.03. The Balaban J connectivity index is 1.63. The number of imidazole rings is 1. The van der Waals surface area contributed by atoms with E-state index in [0.717, 1.165) is 30.0 Å². The van der Waals surface area contributed by atoms with E-state index in [1.54, 1.807) is 16.7 Å². The van der Waals surface area contributed by atoms with Gasteiger partial charge in [0.1, 0.15) is 0 Å². The molecular formula is C21H24N4O2. The molecule has 1 aliphatic heterocycles. The van der Waals surface area contributed by atoms with Crippen molar-refractivity contribution in [1.29, 1.82) is 0 Å². The summed E-state index contributed by atoms with van der Waals surface area (Å²) in [4.78, 5) is 30.1. The van der Waals surface area contributed by atoms with Crippen LogP contribution in [0, 0.1) is 0 Å². The highest BCUT2D eigenvalue weighted by atomic mass is 16.2. The molecule has 0 spiro atoms. The maximum atomic E-state index is 12.8. The van der Waals surface area contributed by atoms with Gasteiger partial charge in [0.2, 0.25) is 0 Å². The molecule has 2 aromatic carbocycles. The highest BCUT2D eigenvalue weighted by molar-refractivity contribution is 6.07. The SMILES string of the molecule is CC(C)n1c(=O)[nH]c2cc(C(=O)Nc3ccccc3N3CCCC3)ccc21. The first-order valence-corrected chi connectivity index (χ1v) is 9.44. The van der Waals surface area contributed by atoms with Gasteiger partial charge in [-0.3, -0.25) is 9.36 Å². The highest BCUT2D eigenvalue weighted by Gasteiger charge is 2.18. The first kappa shape index (κ1) is 17.4. The predicted octanol–water partition coefficient (Wildman–Crippen LogP) is 3.76. The zero-order chi connectivity index (χ0) is 19.0. The van der Waals surface area contributed by atoms with Gasteiger partial charge in [0.05, 0.1) is 22.4 Å². The van der Waals surface area contributed by atoms with Gasteiger partial charge in [-0.1, -0.05) is 12.1 Å². The number of hydrogen-bond donors (Lipinski definition) is 2. The Morgan fingerprint density at radius 1 is 1.11 bits per heavy atom. The third-order valence-electron chi connectivity index (χ3n) is 5.09. The van der Waals surface area contributed by atoms with Gasteiger partial charge in [-0.2, -0.15) is 0 Å². The Morgan fingerprint density at radius 2 is 1.85 bits per heavy atom. The van der Waals surface area contributed by atoms with Crippen LogP contribution in [0.1, 0.15) is 43.1 Å². The van der Waals surface area contributed by atoms with Crippen LogP contribution in [-0.2, 0) is 0 Å². The lowest BCUT2D eigenvalue weighted by atomic mass is 10.1. The van der Waals surface area contributed by atoms with E-state index < -0.39 is 0 Å². The molecule has 0 aliphatic carbocycles. The molecule has 4 rings (SSSR count). The van der Waals surface area contributed by atoms with Crippen LogP contribution >= 0.6 is 0 Å². The standard InChI is InChI=1S/C21H24N4O2/c1-14(2)25-19-10-9-15(13-17(19)23-21(25)27)20(26)22-16-7-3-4-8-18(16)24-11-5-6-12-24/h3-4,7-10,13-14H,5-6,11-12H2,1-2H3,(H,22,26)(H,23,27). The number of carbonyl (C=O) groups is 1.